The predicted molar refractivity (Wildman–Crippen MR) is 126 cm³/mol. The van der Waals surface area contributed by atoms with Gasteiger partial charge in [0.2, 0.25) is 8.46 Å². The van der Waals surface area contributed by atoms with Gasteiger partial charge in [-0.15, -0.1) is 0 Å². The van der Waals surface area contributed by atoms with Gasteiger partial charge < -0.3 is 24.6 Å². The van der Waals surface area contributed by atoms with Crippen LogP contribution in [0.2, 0.25) is 0 Å². The lowest BCUT2D eigenvalue weighted by molar-refractivity contribution is -0.138. The van der Waals surface area contributed by atoms with Crippen LogP contribution in [0.1, 0.15) is 30.9 Å². The van der Waals surface area contributed by atoms with Gasteiger partial charge in [-0.3, -0.25) is 4.57 Å². The van der Waals surface area contributed by atoms with Crippen LogP contribution in [-0.4, -0.2) is 53.6 Å². The fourth-order valence-corrected chi connectivity index (χ4v) is 5.52. The minimum absolute atomic E-state index is 0.0698. The molecule has 0 saturated carbocycles. The van der Waals surface area contributed by atoms with E-state index in [4.69, 9.17) is 14.2 Å². The lowest BCUT2D eigenvalue weighted by Crippen LogP contribution is -2.44. The maximum Gasteiger partial charge on any atom is 0.407 e. The molecule has 1 aliphatic rings. The zero-order chi connectivity index (χ0) is 23.8. The number of nitrogens with one attached hydrogen (secondary N) is 1. The molecule has 1 amide bonds. The summed E-state index contributed by atoms with van der Waals surface area (Å²) in [5.74, 6) is -1.52. The Labute approximate surface area is 198 Å². The van der Waals surface area contributed by atoms with Gasteiger partial charge in [-0.25, -0.2) is 9.59 Å². The fraction of sp³-hybridized carbons (Fsp3) is 0.391. The van der Waals surface area contributed by atoms with Gasteiger partial charge in [0.15, 0.2) is 0 Å². The topological polar surface area (TPSA) is 111 Å². The van der Waals surface area contributed by atoms with E-state index in [0.29, 0.717) is 0 Å². The molecule has 8 nitrogen and oxygen atoms in total. The lowest BCUT2D eigenvalue weighted by atomic mass is 9.98. The molecule has 2 aromatic rings. The van der Waals surface area contributed by atoms with Crippen molar-refractivity contribution >= 4 is 32.3 Å². The summed E-state index contributed by atoms with van der Waals surface area (Å²) in [6.45, 7) is 3.94. The van der Waals surface area contributed by atoms with Crippen molar-refractivity contribution in [3.05, 3.63) is 59.7 Å². The number of carboxylic acid groups (broad SMARTS) is 1. The molecule has 10 heteroatoms. The molecule has 0 aliphatic heterocycles. The zero-order valence-electron chi connectivity index (χ0n) is 18.4. The molecule has 0 spiro atoms. The molecule has 0 radical (unpaired) electrons. The lowest BCUT2D eigenvalue weighted by Gasteiger charge is -2.26. The van der Waals surface area contributed by atoms with Crippen LogP contribution in [0.5, 0.6) is 0 Å². The quantitative estimate of drug-likeness (QED) is 0.325. The Bertz CT molecular complexity index is 951. The van der Waals surface area contributed by atoms with Crippen molar-refractivity contribution in [2.75, 3.05) is 25.6 Å². The molecule has 0 heterocycles. The van der Waals surface area contributed by atoms with E-state index in [9.17, 15) is 19.3 Å². The van der Waals surface area contributed by atoms with Crippen LogP contribution in [0, 0.1) is 0 Å². The summed E-state index contributed by atoms with van der Waals surface area (Å²) in [5, 5.41) is 11.9. The first-order valence-corrected chi connectivity index (χ1v) is 12.3. The Kier molecular flexibility index (Phi) is 8.86. The van der Waals surface area contributed by atoms with Crippen molar-refractivity contribution in [3.8, 4) is 11.1 Å². The number of ether oxygens (including phenoxy) is 3. The van der Waals surface area contributed by atoms with E-state index in [1.165, 1.54) is 0 Å². The molecule has 3 rings (SSSR count). The smallest absolute Gasteiger partial charge is 0.407 e. The number of thioether (sulfide) groups is 1. The summed E-state index contributed by atoms with van der Waals surface area (Å²) in [4.78, 5) is 22.6. The summed E-state index contributed by atoms with van der Waals surface area (Å²) >= 11 is 0.901. The summed E-state index contributed by atoms with van der Waals surface area (Å²) in [6, 6.07) is 14.6. The Balaban J connectivity index is 1.63. The van der Waals surface area contributed by atoms with Crippen LogP contribution >= 0.6 is 20.2 Å². The number of amides is 1. The van der Waals surface area contributed by atoms with Crippen LogP contribution < -0.4 is 5.32 Å². The van der Waals surface area contributed by atoms with Crippen molar-refractivity contribution in [1.82, 2.24) is 5.32 Å². The number of benzene rings is 2. The van der Waals surface area contributed by atoms with Crippen LogP contribution in [0.25, 0.3) is 11.1 Å². The van der Waals surface area contributed by atoms with E-state index in [1.807, 2.05) is 48.5 Å². The van der Waals surface area contributed by atoms with Gasteiger partial charge in [0.25, 0.3) is 0 Å². The molecule has 0 bridgehead atoms. The highest BCUT2D eigenvalue weighted by atomic mass is 32.2. The van der Waals surface area contributed by atoms with Crippen molar-refractivity contribution in [2.45, 2.75) is 30.7 Å². The van der Waals surface area contributed by atoms with Crippen molar-refractivity contribution < 1.29 is 33.5 Å². The van der Waals surface area contributed by atoms with Crippen LogP contribution in [0.4, 0.5) is 4.79 Å². The van der Waals surface area contributed by atoms with Crippen LogP contribution in [0.3, 0.4) is 0 Å². The average Bonchev–Trinajstić information content (AvgIpc) is 3.14. The number of carbonyl (C=O) groups excluding carboxylic acids is 1. The molecular weight excluding hydrogens is 465 g/mol. The van der Waals surface area contributed by atoms with Gasteiger partial charge in [-0.1, -0.05) is 60.3 Å². The average molecular weight is 492 g/mol. The molecule has 2 aromatic carbocycles. The Morgan fingerprint density at radius 2 is 1.61 bits per heavy atom. The van der Waals surface area contributed by atoms with Crippen molar-refractivity contribution in [3.63, 3.8) is 0 Å². The van der Waals surface area contributed by atoms with Gasteiger partial charge in [0, 0.05) is 24.9 Å². The molecule has 1 aliphatic carbocycles. The molecule has 176 valence electrons. The van der Waals surface area contributed by atoms with E-state index >= 15 is 0 Å². The van der Waals surface area contributed by atoms with Gasteiger partial charge >= 0.3 is 16.9 Å². The van der Waals surface area contributed by atoms with Gasteiger partial charge in [0.1, 0.15) is 12.6 Å². The predicted octanol–water partition coefficient (Wildman–Crippen LogP) is 4.69. The number of rotatable bonds is 12. The molecule has 0 aromatic heterocycles. The fourth-order valence-electron chi connectivity index (χ4n) is 3.71. The summed E-state index contributed by atoms with van der Waals surface area (Å²) in [5.41, 5.74) is 4.32. The van der Waals surface area contributed by atoms with E-state index in [-0.39, 0.29) is 31.5 Å². The van der Waals surface area contributed by atoms with Crippen molar-refractivity contribution in [1.29, 1.82) is 0 Å². The van der Waals surface area contributed by atoms with Gasteiger partial charge in [-0.2, -0.15) is 0 Å². The largest absolute Gasteiger partial charge is 0.480 e. The number of carbonyl (C=O) groups is 2. The third-order valence-corrected chi connectivity index (χ3v) is 7.32. The van der Waals surface area contributed by atoms with E-state index < -0.39 is 31.4 Å². The normalized spacial score (nSPS) is 13.9. The summed E-state index contributed by atoms with van der Waals surface area (Å²) < 4.78 is 27.9. The van der Waals surface area contributed by atoms with E-state index in [1.54, 1.807) is 13.8 Å². The van der Waals surface area contributed by atoms with Crippen LogP contribution in [0.15, 0.2) is 48.5 Å². The summed E-state index contributed by atoms with van der Waals surface area (Å²) in [7, 11) is -0.446. The highest BCUT2D eigenvalue weighted by Crippen LogP contribution is 2.44. The maximum atomic E-state index is 12.5. The molecular formula is C23H26NO7PS. The number of hydrogen-bond donors (Lipinski definition) is 2. The second kappa shape index (κ2) is 11.6. The standard InChI is InChI=1S/C23H26NO7PS/c1-3-30-23(32-28,31-4-2)33-14-20(21(25)26)24-22(27)29-13-19-17-11-7-5-9-15(17)16-10-6-8-12-18(16)19/h5-12,19-20H,3-4,13-14H2,1-2H3,(H,24,27)(H,25,26). The molecule has 0 saturated heterocycles. The molecule has 0 fully saturated rings. The van der Waals surface area contributed by atoms with E-state index in [0.717, 1.165) is 34.0 Å². The molecule has 1 unspecified atom stereocenters. The molecule has 2 N–H and O–H groups in total. The van der Waals surface area contributed by atoms with Gasteiger partial charge in [0.05, 0.1) is 0 Å². The van der Waals surface area contributed by atoms with Crippen LogP contribution in [-0.2, 0) is 23.6 Å². The Morgan fingerprint density at radius 3 is 2.09 bits per heavy atom. The SMILES string of the molecule is CCOC(OCC)(P=O)SCC(NC(=O)OCC1c2ccccc2-c2ccccc21)C(=O)O. The first kappa shape index (κ1) is 25.2. The maximum absolute atomic E-state index is 12.5. The molecule has 1 atom stereocenters. The first-order chi connectivity index (χ1) is 15.9. The second-order valence-corrected chi connectivity index (χ2v) is 9.39. The highest BCUT2D eigenvalue weighted by molar-refractivity contribution is 8.04. The third kappa shape index (κ3) is 5.92. The zero-order valence-corrected chi connectivity index (χ0v) is 20.1. The number of alkyl carbamates (subject to hydrolysis) is 1. The third-order valence-electron chi connectivity index (χ3n) is 5.13. The monoisotopic (exact) mass is 491 g/mol. The Morgan fingerprint density at radius 1 is 1.06 bits per heavy atom. The summed E-state index contributed by atoms with van der Waals surface area (Å²) in [6.07, 6.45) is -0.844. The highest BCUT2D eigenvalue weighted by Gasteiger charge is 2.36. The number of hydrogen-bond acceptors (Lipinski definition) is 7. The Hall–Kier alpha value is -2.45. The number of aliphatic carboxylic acids is 1. The minimum Gasteiger partial charge on any atom is -0.480 e. The van der Waals surface area contributed by atoms with E-state index in [2.05, 4.69) is 5.32 Å². The first-order valence-electron chi connectivity index (χ1n) is 10.5. The second-order valence-electron chi connectivity index (χ2n) is 7.15. The van der Waals surface area contributed by atoms with Gasteiger partial charge in [-0.05, 0) is 36.1 Å². The number of fused-ring (bicyclic) bond motifs is 3. The molecule has 33 heavy (non-hydrogen) atoms. The number of carboxylic acids is 1. The van der Waals surface area contributed by atoms with Crippen molar-refractivity contribution in [2.24, 2.45) is 0 Å². The minimum atomic E-state index is -1.53.